The molecule has 1 aromatic carbocycles. The zero-order chi connectivity index (χ0) is 14.9. The summed E-state index contributed by atoms with van der Waals surface area (Å²) in [4.78, 5) is 16.8. The molecule has 0 atom stereocenters. The molecule has 20 heavy (non-hydrogen) atoms. The van der Waals surface area contributed by atoms with Crippen molar-refractivity contribution in [1.82, 2.24) is 4.98 Å². The quantitative estimate of drug-likeness (QED) is 0.856. The Morgan fingerprint density at radius 3 is 2.70 bits per heavy atom. The number of amides is 1. The molecule has 3 N–H and O–H groups in total. The topological polar surface area (TPSA) is 68.0 Å². The van der Waals surface area contributed by atoms with Crippen LogP contribution in [-0.4, -0.2) is 15.9 Å². The summed E-state index contributed by atoms with van der Waals surface area (Å²) in [6.45, 7) is 3.60. The fourth-order valence-corrected chi connectivity index (χ4v) is 2.69. The maximum absolute atomic E-state index is 13.5. The number of aromatic nitrogens is 1. The van der Waals surface area contributed by atoms with Crippen LogP contribution in [0.25, 0.3) is 0 Å². The maximum atomic E-state index is 13.5. The molecule has 0 aliphatic heterocycles. The van der Waals surface area contributed by atoms with Gasteiger partial charge in [0.1, 0.15) is 15.7 Å². The molecular formula is C13H12FN3OS2. The Balaban J connectivity index is 2.26. The number of halogens is 1. The number of thiazole rings is 1. The third kappa shape index (κ3) is 3.00. The van der Waals surface area contributed by atoms with Crippen molar-refractivity contribution in [1.29, 1.82) is 0 Å². The van der Waals surface area contributed by atoms with Crippen LogP contribution in [0.15, 0.2) is 18.2 Å². The lowest BCUT2D eigenvalue weighted by Crippen LogP contribution is -2.15. The summed E-state index contributed by atoms with van der Waals surface area (Å²) >= 11 is 6.07. The third-order valence-corrected chi connectivity index (χ3v) is 3.89. The van der Waals surface area contributed by atoms with E-state index in [1.54, 1.807) is 6.92 Å². The fourth-order valence-electron chi connectivity index (χ4n) is 1.72. The summed E-state index contributed by atoms with van der Waals surface area (Å²) in [5.41, 5.74) is 6.63. The number of benzene rings is 1. The number of hydrogen-bond acceptors (Lipinski definition) is 4. The van der Waals surface area contributed by atoms with E-state index >= 15 is 0 Å². The molecule has 4 nitrogen and oxygen atoms in total. The molecule has 1 aromatic heterocycles. The van der Waals surface area contributed by atoms with Gasteiger partial charge >= 0.3 is 0 Å². The van der Waals surface area contributed by atoms with Gasteiger partial charge in [-0.2, -0.15) is 0 Å². The number of nitrogens with one attached hydrogen (secondary N) is 1. The van der Waals surface area contributed by atoms with Crippen molar-refractivity contribution in [3.63, 3.8) is 0 Å². The van der Waals surface area contributed by atoms with Crippen molar-refractivity contribution in [3.05, 3.63) is 45.2 Å². The van der Waals surface area contributed by atoms with Gasteiger partial charge in [0.15, 0.2) is 0 Å². The Bertz CT molecular complexity index is 697. The third-order valence-electron chi connectivity index (χ3n) is 2.60. The number of aryl methyl sites for hydroxylation is 2. The van der Waals surface area contributed by atoms with Crippen LogP contribution >= 0.6 is 23.6 Å². The molecule has 0 unspecified atom stereocenters. The number of hydrogen-bond donors (Lipinski definition) is 2. The van der Waals surface area contributed by atoms with E-state index in [1.165, 1.54) is 29.5 Å². The predicted molar refractivity (Wildman–Crippen MR) is 81.8 cm³/mol. The number of rotatable bonds is 3. The van der Waals surface area contributed by atoms with Crippen LogP contribution in [0.1, 0.15) is 25.9 Å². The molecule has 1 amide bonds. The minimum Gasteiger partial charge on any atom is -0.389 e. The van der Waals surface area contributed by atoms with Gasteiger partial charge in [0.2, 0.25) is 0 Å². The Morgan fingerprint density at radius 1 is 1.45 bits per heavy atom. The SMILES string of the molecule is Cc1nc(C)c(C(=O)Nc2ccc(F)c(C(N)=S)c2)s1. The smallest absolute Gasteiger partial charge is 0.267 e. The Hall–Kier alpha value is -1.86. The molecule has 0 aliphatic carbocycles. The first kappa shape index (κ1) is 14.5. The van der Waals surface area contributed by atoms with Gasteiger partial charge in [0.05, 0.1) is 10.7 Å². The van der Waals surface area contributed by atoms with Gasteiger partial charge in [0.25, 0.3) is 5.91 Å². The number of carbonyl (C=O) groups is 1. The fraction of sp³-hybridized carbons (Fsp3) is 0.154. The predicted octanol–water partition coefficient (Wildman–Crippen LogP) is 2.79. The van der Waals surface area contributed by atoms with Crippen LogP contribution in [0, 0.1) is 19.7 Å². The Kier molecular flexibility index (Phi) is 4.10. The van der Waals surface area contributed by atoms with Gasteiger partial charge in [-0.3, -0.25) is 4.79 Å². The number of thiocarbonyl (C=S) groups is 1. The molecule has 104 valence electrons. The molecule has 7 heteroatoms. The highest BCUT2D eigenvalue weighted by molar-refractivity contribution is 7.80. The number of nitrogens with zero attached hydrogens (tertiary/aromatic N) is 1. The van der Waals surface area contributed by atoms with Crippen molar-refractivity contribution >= 4 is 40.1 Å². The second-order valence-corrected chi connectivity index (χ2v) is 5.80. The highest BCUT2D eigenvalue weighted by atomic mass is 32.1. The number of carbonyl (C=O) groups excluding carboxylic acids is 1. The molecule has 0 aliphatic rings. The van der Waals surface area contributed by atoms with Crippen molar-refractivity contribution < 1.29 is 9.18 Å². The summed E-state index contributed by atoms with van der Waals surface area (Å²) in [7, 11) is 0. The molecule has 2 rings (SSSR count). The van der Waals surface area contributed by atoms with Crippen LogP contribution in [0.4, 0.5) is 10.1 Å². The van der Waals surface area contributed by atoms with Gasteiger partial charge in [-0.25, -0.2) is 9.37 Å². The van der Waals surface area contributed by atoms with Gasteiger partial charge in [0, 0.05) is 11.3 Å². The summed E-state index contributed by atoms with van der Waals surface area (Å²) in [5, 5.41) is 3.50. The first-order valence-electron chi connectivity index (χ1n) is 5.73. The van der Waals surface area contributed by atoms with Crippen molar-refractivity contribution in [2.45, 2.75) is 13.8 Å². The molecule has 0 bridgehead atoms. The molecular weight excluding hydrogens is 297 g/mol. The average Bonchev–Trinajstić information content (AvgIpc) is 2.70. The highest BCUT2D eigenvalue weighted by Crippen LogP contribution is 2.20. The lowest BCUT2D eigenvalue weighted by molar-refractivity contribution is 0.103. The standard InChI is InChI=1S/C13H12FN3OS2/c1-6-11(20-7(2)16-6)13(18)17-8-3-4-10(14)9(5-8)12(15)19/h3-5H,1-2H3,(H2,15,19)(H,17,18). The normalized spacial score (nSPS) is 10.3. The highest BCUT2D eigenvalue weighted by Gasteiger charge is 2.15. The summed E-state index contributed by atoms with van der Waals surface area (Å²) < 4.78 is 13.5. The van der Waals surface area contributed by atoms with Gasteiger partial charge in [-0.1, -0.05) is 12.2 Å². The zero-order valence-corrected chi connectivity index (χ0v) is 12.5. The second kappa shape index (κ2) is 5.64. The minimum atomic E-state index is -0.514. The van der Waals surface area contributed by atoms with E-state index < -0.39 is 5.82 Å². The van der Waals surface area contributed by atoms with E-state index in [2.05, 4.69) is 10.3 Å². The van der Waals surface area contributed by atoms with E-state index in [0.717, 1.165) is 5.01 Å². The number of anilines is 1. The van der Waals surface area contributed by atoms with E-state index in [9.17, 15) is 9.18 Å². The second-order valence-electron chi connectivity index (χ2n) is 4.16. The first-order chi connectivity index (χ1) is 9.38. The lowest BCUT2D eigenvalue weighted by atomic mass is 10.2. The maximum Gasteiger partial charge on any atom is 0.267 e. The summed E-state index contributed by atoms with van der Waals surface area (Å²) in [6.07, 6.45) is 0. The molecule has 1 heterocycles. The average molecular weight is 309 g/mol. The lowest BCUT2D eigenvalue weighted by Gasteiger charge is -2.07. The van der Waals surface area contributed by atoms with Gasteiger partial charge in [-0.15, -0.1) is 11.3 Å². The molecule has 0 fully saturated rings. The van der Waals surface area contributed by atoms with Crippen LogP contribution in [0.5, 0.6) is 0 Å². The molecule has 2 aromatic rings. The monoisotopic (exact) mass is 309 g/mol. The largest absolute Gasteiger partial charge is 0.389 e. The molecule has 0 radical (unpaired) electrons. The Labute approximate surface area is 124 Å². The van der Waals surface area contributed by atoms with Crippen molar-refractivity contribution in [2.24, 2.45) is 5.73 Å². The molecule has 0 saturated heterocycles. The van der Waals surface area contributed by atoms with Crippen molar-refractivity contribution in [3.8, 4) is 0 Å². The summed E-state index contributed by atoms with van der Waals surface area (Å²) in [6, 6.07) is 4.09. The van der Waals surface area contributed by atoms with E-state index in [1.807, 2.05) is 6.92 Å². The van der Waals surface area contributed by atoms with E-state index in [0.29, 0.717) is 16.3 Å². The van der Waals surface area contributed by atoms with Crippen LogP contribution in [0.2, 0.25) is 0 Å². The molecule has 0 spiro atoms. The van der Waals surface area contributed by atoms with Crippen molar-refractivity contribution in [2.75, 3.05) is 5.32 Å². The van der Waals surface area contributed by atoms with E-state index in [-0.39, 0.29) is 16.5 Å². The number of nitrogens with two attached hydrogens (primary N) is 1. The minimum absolute atomic E-state index is 0.0524. The zero-order valence-electron chi connectivity index (χ0n) is 10.9. The van der Waals surface area contributed by atoms with Crippen LogP contribution < -0.4 is 11.1 Å². The summed E-state index contributed by atoms with van der Waals surface area (Å²) in [5.74, 6) is -0.797. The van der Waals surface area contributed by atoms with Crippen LogP contribution in [0.3, 0.4) is 0 Å². The molecule has 0 saturated carbocycles. The van der Waals surface area contributed by atoms with Crippen LogP contribution in [-0.2, 0) is 0 Å². The van der Waals surface area contributed by atoms with Gasteiger partial charge < -0.3 is 11.1 Å². The van der Waals surface area contributed by atoms with Gasteiger partial charge in [-0.05, 0) is 32.0 Å². The first-order valence-corrected chi connectivity index (χ1v) is 6.95. The van der Waals surface area contributed by atoms with E-state index in [4.69, 9.17) is 18.0 Å². The Morgan fingerprint density at radius 2 is 2.15 bits per heavy atom.